The van der Waals surface area contributed by atoms with Crippen molar-refractivity contribution in [2.45, 2.75) is 82.6 Å². The van der Waals surface area contributed by atoms with Crippen molar-refractivity contribution in [3.8, 4) is 0 Å². The van der Waals surface area contributed by atoms with E-state index >= 15 is 0 Å². The predicted octanol–water partition coefficient (Wildman–Crippen LogP) is 9.60. The number of ketones is 1. The van der Waals surface area contributed by atoms with Crippen molar-refractivity contribution in [2.75, 3.05) is 20.3 Å². The molecule has 0 aromatic heterocycles. The molecule has 338 valence electrons. The van der Waals surface area contributed by atoms with Crippen molar-refractivity contribution >= 4 is 5.78 Å². The molecule has 0 radical (unpaired) electrons. The van der Waals surface area contributed by atoms with Gasteiger partial charge in [0.15, 0.2) is 18.2 Å². The normalized spacial score (nSPS) is 19.4. The molecular formula is C55H58O10. The van der Waals surface area contributed by atoms with Crippen LogP contribution < -0.4 is 0 Å². The third kappa shape index (κ3) is 15.1. The number of carbonyl (C=O) groups is 1. The molecule has 1 fully saturated rings. The molecular weight excluding hydrogens is 821 g/mol. The molecule has 1 heterocycles. The van der Waals surface area contributed by atoms with Crippen molar-refractivity contribution < 1.29 is 47.4 Å². The van der Waals surface area contributed by atoms with Crippen LogP contribution in [0.1, 0.15) is 33.4 Å². The van der Waals surface area contributed by atoms with Crippen LogP contribution in [0.5, 0.6) is 0 Å². The highest BCUT2D eigenvalue weighted by atomic mass is 16.7. The van der Waals surface area contributed by atoms with Gasteiger partial charge in [-0.2, -0.15) is 0 Å². The first-order chi connectivity index (χ1) is 32.1. The SMILES string of the molecule is CO/C=C/[C@@H](OCc1ccccc1)[C@H](O[C@@H]1O[C@H](COCc2ccccc2)[C@@H](OCc2ccccc2)[C@H](OCc2ccccc2)[C@H]1OCc1ccccc1)C(=O)COCc1ccccc1. The molecule has 6 aromatic carbocycles. The summed E-state index contributed by atoms with van der Waals surface area (Å²) in [6.07, 6.45) is -3.40. The van der Waals surface area contributed by atoms with Gasteiger partial charge >= 0.3 is 0 Å². The van der Waals surface area contributed by atoms with Gasteiger partial charge in [0.2, 0.25) is 0 Å². The number of hydrogen-bond acceptors (Lipinski definition) is 10. The van der Waals surface area contributed by atoms with Gasteiger partial charge in [0.25, 0.3) is 0 Å². The summed E-state index contributed by atoms with van der Waals surface area (Å²) in [6, 6.07) is 59.1. The molecule has 0 amide bonds. The van der Waals surface area contributed by atoms with Crippen LogP contribution >= 0.6 is 0 Å². The second-order valence-electron chi connectivity index (χ2n) is 15.7. The molecule has 10 nitrogen and oxygen atoms in total. The van der Waals surface area contributed by atoms with Gasteiger partial charge in [0.05, 0.1) is 59.6 Å². The van der Waals surface area contributed by atoms with Crippen molar-refractivity contribution in [3.05, 3.63) is 228 Å². The Morgan fingerprint density at radius 1 is 0.508 bits per heavy atom. The molecule has 1 aliphatic rings. The molecule has 0 aliphatic carbocycles. The molecule has 7 atom stereocenters. The minimum atomic E-state index is -1.25. The smallest absolute Gasteiger partial charge is 0.190 e. The molecule has 0 N–H and O–H groups in total. The standard InChI is InChI=1S/C55H58O10/c1-57-33-32-49(60-36-44-24-12-4-13-25-44)51(48(56)40-58-34-42-20-8-2-9-21-42)65-55-54(63-39-47-30-18-7-19-31-47)53(62-38-46-28-16-6-17-29-46)52(61-37-45-26-14-5-15-27-45)50(64-55)41-59-35-43-22-10-3-11-23-43/h2-33,49-55H,34-41H2,1H3/b33-32+/t49-,50-,51-,52-,53+,54-,55+/m1/s1. The minimum Gasteiger partial charge on any atom is -0.505 e. The lowest BCUT2D eigenvalue weighted by Crippen LogP contribution is -2.63. The van der Waals surface area contributed by atoms with Gasteiger partial charge in [-0.1, -0.05) is 182 Å². The zero-order valence-electron chi connectivity index (χ0n) is 36.8. The second-order valence-corrected chi connectivity index (χ2v) is 15.7. The van der Waals surface area contributed by atoms with Crippen LogP contribution in [0.25, 0.3) is 0 Å². The van der Waals surface area contributed by atoms with Crippen molar-refractivity contribution in [1.82, 2.24) is 0 Å². The molecule has 0 spiro atoms. The van der Waals surface area contributed by atoms with E-state index in [1.165, 1.54) is 13.4 Å². The quantitative estimate of drug-likeness (QED) is 0.0490. The molecule has 0 unspecified atom stereocenters. The molecule has 65 heavy (non-hydrogen) atoms. The number of rotatable bonds is 26. The zero-order chi connectivity index (χ0) is 44.7. The third-order valence-electron chi connectivity index (χ3n) is 10.8. The van der Waals surface area contributed by atoms with E-state index in [9.17, 15) is 4.79 Å². The Hall–Kier alpha value is -5.79. The van der Waals surface area contributed by atoms with Crippen molar-refractivity contribution in [1.29, 1.82) is 0 Å². The van der Waals surface area contributed by atoms with Gasteiger partial charge in [-0.3, -0.25) is 4.79 Å². The van der Waals surface area contributed by atoms with Gasteiger partial charge in [-0.15, -0.1) is 0 Å². The molecule has 10 heteroatoms. The fourth-order valence-electron chi connectivity index (χ4n) is 7.43. The third-order valence-corrected chi connectivity index (χ3v) is 10.8. The van der Waals surface area contributed by atoms with Crippen LogP contribution in [-0.4, -0.2) is 69.0 Å². The van der Waals surface area contributed by atoms with E-state index in [1.807, 2.05) is 182 Å². The second kappa shape index (κ2) is 26.2. The minimum absolute atomic E-state index is 0.112. The molecule has 6 aromatic rings. The first-order valence-corrected chi connectivity index (χ1v) is 22.0. The average Bonchev–Trinajstić information content (AvgIpc) is 3.36. The summed E-state index contributed by atoms with van der Waals surface area (Å²) < 4.78 is 59.0. The van der Waals surface area contributed by atoms with Crippen molar-refractivity contribution in [2.24, 2.45) is 0 Å². The Morgan fingerprint density at radius 2 is 0.908 bits per heavy atom. The summed E-state index contributed by atoms with van der Waals surface area (Å²) in [5, 5.41) is 0. The summed E-state index contributed by atoms with van der Waals surface area (Å²) >= 11 is 0. The molecule has 7 rings (SSSR count). The van der Waals surface area contributed by atoms with Crippen LogP contribution in [-0.2, 0) is 87.1 Å². The molecule has 1 saturated heterocycles. The molecule has 1 aliphatic heterocycles. The van der Waals surface area contributed by atoms with E-state index in [0.29, 0.717) is 6.61 Å². The first-order valence-electron chi connectivity index (χ1n) is 22.0. The van der Waals surface area contributed by atoms with E-state index in [-0.39, 0.29) is 52.0 Å². The Morgan fingerprint density at radius 3 is 1.37 bits per heavy atom. The number of Topliss-reactive ketones (excluding diaryl/α,β-unsaturated/α-hetero) is 1. The van der Waals surface area contributed by atoms with Crippen LogP contribution in [0.4, 0.5) is 0 Å². The summed E-state index contributed by atoms with van der Waals surface area (Å²) in [4.78, 5) is 14.7. The number of methoxy groups -OCH3 is 1. The van der Waals surface area contributed by atoms with Gasteiger partial charge in [0.1, 0.15) is 37.1 Å². The van der Waals surface area contributed by atoms with Gasteiger partial charge in [-0.25, -0.2) is 0 Å². The Bertz CT molecular complexity index is 2230. The summed E-state index contributed by atoms with van der Waals surface area (Å²) in [6.45, 7) is 1.28. The highest BCUT2D eigenvalue weighted by Gasteiger charge is 2.51. The Labute approximate surface area is 382 Å². The maximum Gasteiger partial charge on any atom is 0.190 e. The van der Waals surface area contributed by atoms with Gasteiger partial charge < -0.3 is 42.6 Å². The number of ether oxygens (including phenoxy) is 9. The van der Waals surface area contributed by atoms with E-state index in [1.54, 1.807) is 6.08 Å². The zero-order valence-corrected chi connectivity index (χ0v) is 36.8. The van der Waals surface area contributed by atoms with Gasteiger partial charge in [-0.05, 0) is 39.5 Å². The highest BCUT2D eigenvalue weighted by Crippen LogP contribution is 2.33. The highest BCUT2D eigenvalue weighted by molar-refractivity contribution is 5.85. The van der Waals surface area contributed by atoms with Crippen LogP contribution in [0.3, 0.4) is 0 Å². The van der Waals surface area contributed by atoms with E-state index in [2.05, 4.69) is 0 Å². The fourth-order valence-corrected chi connectivity index (χ4v) is 7.43. The van der Waals surface area contributed by atoms with Crippen LogP contribution in [0.2, 0.25) is 0 Å². The topological polar surface area (TPSA) is 100 Å². The van der Waals surface area contributed by atoms with E-state index in [0.717, 1.165) is 33.4 Å². The maximum atomic E-state index is 14.7. The monoisotopic (exact) mass is 878 g/mol. The molecule has 0 bridgehead atoms. The number of carbonyl (C=O) groups excluding carboxylic acids is 1. The lowest BCUT2D eigenvalue weighted by atomic mass is 9.97. The van der Waals surface area contributed by atoms with Crippen LogP contribution in [0.15, 0.2) is 194 Å². The summed E-state index contributed by atoms with van der Waals surface area (Å²) in [5.74, 6) is -0.369. The van der Waals surface area contributed by atoms with Crippen LogP contribution in [0, 0.1) is 0 Å². The maximum absolute atomic E-state index is 14.7. The van der Waals surface area contributed by atoms with Gasteiger partial charge in [0, 0.05) is 0 Å². The summed E-state index contributed by atoms with van der Waals surface area (Å²) in [7, 11) is 1.54. The number of hydrogen-bond donors (Lipinski definition) is 0. The van der Waals surface area contributed by atoms with E-state index in [4.69, 9.17) is 42.6 Å². The summed E-state index contributed by atoms with van der Waals surface area (Å²) in [5.41, 5.74) is 5.71. The lowest BCUT2D eigenvalue weighted by molar-refractivity contribution is -0.337. The predicted molar refractivity (Wildman–Crippen MR) is 247 cm³/mol. The molecule has 0 saturated carbocycles. The largest absolute Gasteiger partial charge is 0.505 e. The van der Waals surface area contributed by atoms with E-state index < -0.39 is 42.9 Å². The lowest BCUT2D eigenvalue weighted by Gasteiger charge is -2.46. The Kier molecular flexibility index (Phi) is 19.0. The number of benzene rings is 6. The fraction of sp³-hybridized carbons (Fsp3) is 0.291. The van der Waals surface area contributed by atoms with Crippen molar-refractivity contribution in [3.63, 3.8) is 0 Å². The average molecular weight is 879 g/mol. The Balaban J connectivity index is 1.25. The first kappa shape index (κ1) is 47.2.